The number of hydrogen-bond acceptors (Lipinski definition) is 22. The largest absolute Gasteiger partial charge is 0.432 e. The van der Waals surface area contributed by atoms with E-state index in [0.29, 0.717) is 51.4 Å². The highest BCUT2D eigenvalue weighted by Gasteiger charge is 2.69. The molecule has 25 atom stereocenters. The second-order valence-corrected chi connectivity index (χ2v) is 20.4. The fraction of sp³-hybridized carbons (Fsp3) is 0.930. The molecule has 2 bridgehead atoms. The Morgan fingerprint density at radius 2 is 1.18 bits per heavy atom. The predicted molar refractivity (Wildman–Crippen MR) is 213 cm³/mol. The Morgan fingerprint density at radius 1 is 0.631 bits per heavy atom. The summed E-state index contributed by atoms with van der Waals surface area (Å²) < 4.78 is 48.1. The van der Waals surface area contributed by atoms with Crippen LogP contribution in [0.15, 0.2) is 12.2 Å². The van der Waals surface area contributed by atoms with Crippen molar-refractivity contribution >= 4 is 5.97 Å². The Bertz CT molecular complexity index is 1710. The molecule has 4 aliphatic carbocycles. The molecule has 8 rings (SSSR count). The van der Waals surface area contributed by atoms with Gasteiger partial charge in [0, 0.05) is 0 Å². The van der Waals surface area contributed by atoms with E-state index in [1.165, 1.54) is 0 Å². The summed E-state index contributed by atoms with van der Waals surface area (Å²) in [5.74, 6) is -0.744. The highest BCUT2D eigenvalue weighted by molar-refractivity contribution is 5.77. The molecule has 8 aliphatic rings. The zero-order valence-corrected chi connectivity index (χ0v) is 36.5. The van der Waals surface area contributed by atoms with Crippen LogP contribution < -0.4 is 0 Å². The van der Waals surface area contributed by atoms with Gasteiger partial charge in [-0.2, -0.15) is 0 Å². The van der Waals surface area contributed by atoms with Gasteiger partial charge in [0.15, 0.2) is 18.9 Å². The van der Waals surface area contributed by atoms with Gasteiger partial charge < -0.3 is 104 Å². The fourth-order valence-corrected chi connectivity index (χ4v) is 13.2. The lowest BCUT2D eigenvalue weighted by Crippen LogP contribution is -2.67. The quantitative estimate of drug-likeness (QED) is 0.0528. The maximum Gasteiger partial charge on any atom is 0.314 e. The highest BCUT2D eigenvalue weighted by atomic mass is 16.8. The van der Waals surface area contributed by atoms with E-state index in [4.69, 9.17) is 37.9 Å². The van der Waals surface area contributed by atoms with Crippen LogP contribution in [0.2, 0.25) is 0 Å². The SMILES string of the molecule is C=C1C[C@@]23CCC4C(C)(CCC[C@@]4(C)C(=O)O[C@@H]4O[C@H](CO)[C@@H](O)[C@@H](O)[C@H]4O)C2CC[C@]1(O[C@@H]1O[C@H](CO)[C@@H](O)[C@@H](O[C@@H]2O[C@H](CO)[C@@H](O)[C@@H](O)[C@H]2O)[C@H]1O[C@@H]1OC[C@@H](O)[C@H](O)[C@H]1O)C3. The molecule has 0 aromatic heterocycles. The monoisotopic (exact) mass is 936 g/mol. The number of ether oxygens (including phenoxy) is 8. The zero-order valence-electron chi connectivity index (χ0n) is 36.5. The minimum atomic E-state index is -1.92. The maximum absolute atomic E-state index is 14.3. The predicted octanol–water partition coefficient (Wildman–Crippen LogP) is -4.47. The van der Waals surface area contributed by atoms with Gasteiger partial charge in [-0.3, -0.25) is 4.79 Å². The molecule has 4 saturated carbocycles. The van der Waals surface area contributed by atoms with Crippen molar-refractivity contribution in [1.29, 1.82) is 0 Å². The van der Waals surface area contributed by atoms with Crippen LogP contribution in [0.1, 0.15) is 71.6 Å². The summed E-state index contributed by atoms with van der Waals surface area (Å²) in [6.07, 6.45) is -26.1. The van der Waals surface area contributed by atoms with Crippen LogP contribution >= 0.6 is 0 Å². The van der Waals surface area contributed by atoms with Crippen LogP contribution in [0.3, 0.4) is 0 Å². The molecular weight excluding hydrogens is 868 g/mol. The molecule has 22 nitrogen and oxygen atoms in total. The van der Waals surface area contributed by atoms with Crippen molar-refractivity contribution in [2.45, 2.75) is 194 Å². The Kier molecular flexibility index (Phi) is 14.3. The molecular formula is C43H68O22. The van der Waals surface area contributed by atoms with Crippen molar-refractivity contribution < 1.29 is 109 Å². The molecule has 8 fully saturated rings. The first-order chi connectivity index (χ1) is 30.7. The number of hydrogen-bond donors (Lipinski definition) is 13. The van der Waals surface area contributed by atoms with E-state index in [1.54, 1.807) is 0 Å². The average molecular weight is 937 g/mol. The van der Waals surface area contributed by atoms with Crippen LogP contribution in [-0.2, 0) is 42.7 Å². The highest BCUT2D eigenvalue weighted by Crippen LogP contribution is 2.73. The first kappa shape index (κ1) is 49.8. The number of esters is 1. The van der Waals surface area contributed by atoms with Crippen molar-refractivity contribution in [2.75, 3.05) is 26.4 Å². The summed E-state index contributed by atoms with van der Waals surface area (Å²) >= 11 is 0. The van der Waals surface area contributed by atoms with Crippen molar-refractivity contribution in [2.24, 2.45) is 28.1 Å². The molecule has 0 aromatic carbocycles. The molecule has 0 radical (unpaired) electrons. The van der Waals surface area contributed by atoms with Gasteiger partial charge in [-0.05, 0) is 86.5 Å². The minimum absolute atomic E-state index is 0.0525. The molecule has 1 spiro atoms. The summed E-state index contributed by atoms with van der Waals surface area (Å²) in [7, 11) is 0. The molecule has 22 heteroatoms. The van der Waals surface area contributed by atoms with Crippen LogP contribution in [0, 0.1) is 28.1 Å². The molecule has 372 valence electrons. The van der Waals surface area contributed by atoms with Crippen molar-refractivity contribution in [3.05, 3.63) is 12.2 Å². The van der Waals surface area contributed by atoms with Gasteiger partial charge in [-0.1, -0.05) is 19.9 Å². The van der Waals surface area contributed by atoms with E-state index in [2.05, 4.69) is 13.5 Å². The number of rotatable bonds is 11. The van der Waals surface area contributed by atoms with Gasteiger partial charge in [0.1, 0.15) is 91.6 Å². The number of carbonyl (C=O) groups is 1. The third kappa shape index (κ3) is 8.32. The molecule has 13 N–H and O–H groups in total. The molecule has 4 heterocycles. The van der Waals surface area contributed by atoms with Gasteiger partial charge >= 0.3 is 5.97 Å². The second-order valence-electron chi connectivity index (χ2n) is 20.4. The standard InChI is InChI=1S/C43H68O22/c1-17-11-42-9-5-22-40(2,7-4-8-41(22,3)39(57)64-37-32(56)29(53)26(50)20(13-45)60-37)23(42)6-10-43(17,16-42)65-38-34(63-35-30(54)24(48)18(47)15-58-35)33(27(51)21(14-46)61-38)62-36-31(55)28(52)25(49)19(12-44)59-36/h18-38,44-56H,1,4-16H2,2-3H3/t18-,19-,20-,21-,22?,23?,24+,25-,26-,27-,28-,29-,30-,31-,32-,33-,34-,35+,36+,37+,38+,40?,41-,42-,43+/m1/s1. The summed E-state index contributed by atoms with van der Waals surface area (Å²) in [4.78, 5) is 14.3. The Labute approximate surface area is 375 Å². The summed E-state index contributed by atoms with van der Waals surface area (Å²) in [6.45, 7) is 5.86. The lowest BCUT2D eigenvalue weighted by Gasteiger charge is -2.64. The van der Waals surface area contributed by atoms with Crippen LogP contribution in [0.5, 0.6) is 0 Å². The number of aliphatic hydroxyl groups is 13. The lowest BCUT2D eigenvalue weighted by atomic mass is 9.41. The topological polar surface area (TPSA) is 354 Å². The second kappa shape index (κ2) is 18.6. The van der Waals surface area contributed by atoms with Crippen molar-refractivity contribution in [3.8, 4) is 0 Å². The third-order valence-electron chi connectivity index (χ3n) is 16.7. The van der Waals surface area contributed by atoms with Gasteiger partial charge in [-0.15, -0.1) is 0 Å². The Morgan fingerprint density at radius 3 is 1.83 bits per heavy atom. The molecule has 0 aromatic rings. The van der Waals surface area contributed by atoms with Gasteiger partial charge in [-0.25, -0.2) is 0 Å². The van der Waals surface area contributed by atoms with E-state index in [0.717, 1.165) is 12.0 Å². The molecule has 0 amide bonds. The zero-order chi connectivity index (χ0) is 47.1. The molecule has 4 saturated heterocycles. The van der Waals surface area contributed by atoms with E-state index in [-0.39, 0.29) is 17.3 Å². The van der Waals surface area contributed by atoms with E-state index < -0.39 is 166 Å². The van der Waals surface area contributed by atoms with Crippen molar-refractivity contribution in [3.63, 3.8) is 0 Å². The number of fused-ring (bicyclic) bond motifs is 3. The number of carbonyl (C=O) groups excluding carboxylic acids is 1. The Balaban J connectivity index is 1.05. The smallest absolute Gasteiger partial charge is 0.314 e. The van der Waals surface area contributed by atoms with Crippen LogP contribution in [0.25, 0.3) is 0 Å². The lowest BCUT2D eigenvalue weighted by molar-refractivity contribution is -0.395. The third-order valence-corrected chi connectivity index (χ3v) is 16.7. The fourth-order valence-electron chi connectivity index (χ4n) is 13.2. The summed E-state index contributed by atoms with van der Waals surface area (Å²) in [5, 5.41) is 137. The van der Waals surface area contributed by atoms with E-state index in [1.807, 2.05) is 6.92 Å². The van der Waals surface area contributed by atoms with Crippen molar-refractivity contribution in [1.82, 2.24) is 0 Å². The Hall–Kier alpha value is -1.59. The summed E-state index contributed by atoms with van der Waals surface area (Å²) in [5.41, 5.74) is -2.17. The van der Waals surface area contributed by atoms with Crippen LogP contribution in [0.4, 0.5) is 0 Å². The first-order valence-corrected chi connectivity index (χ1v) is 22.8. The minimum Gasteiger partial charge on any atom is -0.432 e. The summed E-state index contributed by atoms with van der Waals surface area (Å²) in [6, 6.07) is 0. The van der Waals surface area contributed by atoms with Gasteiger partial charge in [0.2, 0.25) is 6.29 Å². The van der Waals surface area contributed by atoms with Gasteiger partial charge in [0.25, 0.3) is 0 Å². The van der Waals surface area contributed by atoms with E-state index >= 15 is 0 Å². The molecule has 4 aliphatic heterocycles. The molecule has 65 heavy (non-hydrogen) atoms. The average Bonchev–Trinajstić information content (AvgIpc) is 3.48. The first-order valence-electron chi connectivity index (χ1n) is 22.8. The maximum atomic E-state index is 14.3. The number of aliphatic hydroxyl groups excluding tert-OH is 13. The van der Waals surface area contributed by atoms with Crippen LogP contribution in [-0.4, -0.2) is 221 Å². The van der Waals surface area contributed by atoms with E-state index in [9.17, 15) is 71.2 Å². The normalized spacial score (nSPS) is 54.7. The molecule has 3 unspecified atom stereocenters. The van der Waals surface area contributed by atoms with Gasteiger partial charge in [0.05, 0.1) is 37.4 Å².